The summed E-state index contributed by atoms with van der Waals surface area (Å²) in [5, 5.41) is 9.18. The molecule has 2 aromatic rings. The van der Waals surface area contributed by atoms with Crippen molar-refractivity contribution in [2.45, 2.75) is 68.1 Å². The smallest absolute Gasteiger partial charge is 0.264 e. The van der Waals surface area contributed by atoms with Crippen LogP contribution in [-0.2, 0) is 21.9 Å². The number of allylic oxidation sites excluding steroid dienone is 1. The van der Waals surface area contributed by atoms with Crippen LogP contribution in [0.25, 0.3) is 0 Å². The van der Waals surface area contributed by atoms with Crippen molar-refractivity contribution in [1.29, 1.82) is 0 Å². The van der Waals surface area contributed by atoms with Crippen molar-refractivity contribution in [3.8, 4) is 5.75 Å². The fourth-order valence-corrected chi connectivity index (χ4v) is 8.39. The summed E-state index contributed by atoms with van der Waals surface area (Å²) in [6.07, 6.45) is 3.36. The molecule has 5 rings (SSSR count). The highest BCUT2D eigenvalue weighted by molar-refractivity contribution is 7.90. The van der Waals surface area contributed by atoms with Crippen molar-refractivity contribution in [2.24, 2.45) is 11.8 Å². The van der Waals surface area contributed by atoms with Gasteiger partial charge in [-0.05, 0) is 98.2 Å². The molecule has 3 aliphatic rings. The maximum atomic E-state index is 13.6. The SMILES string of the molecule is C=CCC[C@@H](C(F)F)S(=O)(=O)NC(=O)c1ccc2c(c1)N(C[C@@H]1CC[C@H]1[C@@H](O)C=C)C[C@@]1(CCCc3cc(Cl)ccc31)CO2. The molecule has 0 saturated heterocycles. The minimum absolute atomic E-state index is 0.0146. The highest BCUT2D eigenvalue weighted by Gasteiger charge is 2.44. The van der Waals surface area contributed by atoms with Crippen LogP contribution in [0.4, 0.5) is 14.5 Å². The first kappa shape index (κ1) is 32.4. The lowest BCUT2D eigenvalue weighted by atomic mass is 9.68. The number of aliphatic hydroxyl groups excluding tert-OH is 1. The topological polar surface area (TPSA) is 95.9 Å². The maximum Gasteiger partial charge on any atom is 0.264 e. The number of nitrogens with zero attached hydrogens (tertiary/aromatic N) is 1. The molecule has 44 heavy (non-hydrogen) atoms. The normalized spacial score (nSPS) is 24.2. The summed E-state index contributed by atoms with van der Waals surface area (Å²) in [5.41, 5.74) is 2.61. The van der Waals surface area contributed by atoms with Gasteiger partial charge in [-0.1, -0.05) is 29.8 Å². The monoisotopic (exact) mass is 648 g/mol. The zero-order valence-electron chi connectivity index (χ0n) is 24.6. The number of sulfonamides is 1. The summed E-state index contributed by atoms with van der Waals surface area (Å²) >= 11 is 6.35. The Morgan fingerprint density at radius 2 is 2.02 bits per heavy atom. The summed E-state index contributed by atoms with van der Waals surface area (Å²) < 4.78 is 61.2. The lowest BCUT2D eigenvalue weighted by Crippen LogP contribution is -2.49. The highest BCUT2D eigenvalue weighted by atomic mass is 35.5. The van der Waals surface area contributed by atoms with Crippen molar-refractivity contribution in [3.63, 3.8) is 0 Å². The molecule has 11 heteroatoms. The Bertz CT molecular complexity index is 1520. The fourth-order valence-electron chi connectivity index (χ4n) is 6.95. The Kier molecular flexibility index (Phi) is 9.72. The van der Waals surface area contributed by atoms with Crippen LogP contribution in [0, 0.1) is 11.8 Å². The van der Waals surface area contributed by atoms with Gasteiger partial charge >= 0.3 is 0 Å². The fraction of sp³-hybridized carbons (Fsp3) is 0.485. The number of hydrogen-bond acceptors (Lipinski definition) is 6. The highest BCUT2D eigenvalue weighted by Crippen LogP contribution is 2.46. The van der Waals surface area contributed by atoms with Gasteiger partial charge in [-0.25, -0.2) is 21.9 Å². The molecular weight excluding hydrogens is 610 g/mol. The second kappa shape index (κ2) is 13.2. The Morgan fingerprint density at radius 3 is 2.70 bits per heavy atom. The molecule has 1 aliphatic heterocycles. The van der Waals surface area contributed by atoms with Crippen LogP contribution < -0.4 is 14.4 Å². The predicted octanol–water partition coefficient (Wildman–Crippen LogP) is 6.05. The van der Waals surface area contributed by atoms with Gasteiger partial charge in [0.25, 0.3) is 12.3 Å². The largest absolute Gasteiger partial charge is 0.490 e. The number of rotatable bonds is 11. The molecule has 0 aromatic heterocycles. The van der Waals surface area contributed by atoms with Gasteiger partial charge in [0.15, 0.2) is 0 Å². The third kappa shape index (κ3) is 6.53. The molecule has 7 nitrogen and oxygen atoms in total. The summed E-state index contributed by atoms with van der Waals surface area (Å²) in [7, 11) is -4.67. The van der Waals surface area contributed by atoms with Crippen molar-refractivity contribution < 1.29 is 31.8 Å². The number of ether oxygens (including phenoxy) is 1. The molecule has 0 radical (unpaired) electrons. The number of anilines is 1. The Labute approximate surface area is 263 Å². The molecule has 1 spiro atoms. The molecule has 2 aliphatic carbocycles. The number of fused-ring (bicyclic) bond motifs is 3. The zero-order valence-corrected chi connectivity index (χ0v) is 26.1. The van der Waals surface area contributed by atoms with E-state index in [1.807, 2.05) is 16.9 Å². The van der Waals surface area contributed by atoms with E-state index >= 15 is 0 Å². The van der Waals surface area contributed by atoms with Gasteiger partial charge in [0.2, 0.25) is 10.0 Å². The van der Waals surface area contributed by atoms with E-state index in [1.165, 1.54) is 23.3 Å². The van der Waals surface area contributed by atoms with E-state index in [0.29, 0.717) is 36.2 Å². The second-order valence-electron chi connectivity index (χ2n) is 12.2. The number of aliphatic hydroxyl groups is 1. The quantitative estimate of drug-likeness (QED) is 0.288. The van der Waals surface area contributed by atoms with Gasteiger partial charge in [0, 0.05) is 29.1 Å². The van der Waals surface area contributed by atoms with Gasteiger partial charge in [-0.2, -0.15) is 0 Å². The van der Waals surface area contributed by atoms with Crippen LogP contribution >= 0.6 is 11.6 Å². The third-order valence-corrected chi connectivity index (χ3v) is 11.4. The number of hydrogen-bond donors (Lipinski definition) is 2. The molecule has 2 N–H and O–H groups in total. The van der Waals surface area contributed by atoms with Crippen LogP contribution in [0.1, 0.15) is 60.0 Å². The Balaban J connectivity index is 1.49. The van der Waals surface area contributed by atoms with Crippen molar-refractivity contribution in [2.75, 3.05) is 24.6 Å². The number of halogens is 3. The van der Waals surface area contributed by atoms with Gasteiger partial charge in [0.1, 0.15) is 11.0 Å². The summed E-state index contributed by atoms with van der Waals surface area (Å²) in [4.78, 5) is 15.4. The minimum Gasteiger partial charge on any atom is -0.490 e. The van der Waals surface area contributed by atoms with Gasteiger partial charge in [0.05, 0.1) is 18.4 Å². The van der Waals surface area contributed by atoms with Crippen LogP contribution in [0.15, 0.2) is 61.7 Å². The van der Waals surface area contributed by atoms with Crippen molar-refractivity contribution >= 4 is 33.2 Å². The first-order chi connectivity index (χ1) is 21.0. The molecule has 0 unspecified atom stereocenters. The van der Waals surface area contributed by atoms with Crippen LogP contribution in [0.2, 0.25) is 5.02 Å². The number of aryl methyl sites for hydroxylation is 1. The average molecular weight is 649 g/mol. The molecular formula is C33H39ClF2N2O5S. The van der Waals surface area contributed by atoms with E-state index in [9.17, 15) is 27.1 Å². The Hall–Kier alpha value is -2.95. The number of benzene rings is 2. The summed E-state index contributed by atoms with van der Waals surface area (Å²) in [6.45, 7) is 8.77. The maximum absolute atomic E-state index is 13.6. The predicted molar refractivity (Wildman–Crippen MR) is 168 cm³/mol. The van der Waals surface area contributed by atoms with Crippen LogP contribution in [0.3, 0.4) is 0 Å². The first-order valence-corrected chi connectivity index (χ1v) is 17.0. The molecule has 1 amide bonds. The van der Waals surface area contributed by atoms with E-state index in [0.717, 1.165) is 32.1 Å². The Morgan fingerprint density at radius 1 is 1.23 bits per heavy atom. The standard InChI is InChI=1S/C33H39ClF2N2O5S/c1-3-5-8-30(31(35)36)44(41,42)37-32(40)22-10-14-29-27(17-22)38(18-23-9-12-25(23)28(39)4-2)19-33(20-43-29)15-6-7-21-16-24(34)11-13-26(21)33/h3-4,10-11,13-14,16-17,23,25,28,30-31,39H,1-2,5-9,12,15,18-20H2,(H,37,40)/t23-,25+,28-,30-,33-/m0/s1. The number of carbonyl (C=O) groups is 1. The van der Waals surface area contributed by atoms with E-state index in [-0.39, 0.29) is 35.7 Å². The molecule has 1 fully saturated rings. The van der Waals surface area contributed by atoms with Crippen LogP contribution in [0.5, 0.6) is 5.75 Å². The molecule has 2 aromatic carbocycles. The molecule has 238 valence electrons. The van der Waals surface area contributed by atoms with Crippen LogP contribution in [-0.4, -0.2) is 56.9 Å². The summed E-state index contributed by atoms with van der Waals surface area (Å²) in [5.74, 6) is -0.239. The van der Waals surface area contributed by atoms with Gasteiger partial charge < -0.3 is 14.7 Å². The first-order valence-electron chi connectivity index (χ1n) is 15.0. The number of carbonyl (C=O) groups excluding carboxylic acids is 1. The van der Waals surface area contributed by atoms with Crippen molar-refractivity contribution in [1.82, 2.24) is 4.72 Å². The summed E-state index contributed by atoms with van der Waals surface area (Å²) in [6, 6.07) is 10.6. The van der Waals surface area contributed by atoms with E-state index < -0.39 is 33.7 Å². The molecule has 1 heterocycles. The second-order valence-corrected chi connectivity index (χ2v) is 14.6. The van der Waals surface area contributed by atoms with Crippen molar-refractivity contribution in [3.05, 3.63) is 83.4 Å². The van der Waals surface area contributed by atoms with E-state index in [2.05, 4.69) is 24.1 Å². The number of alkyl halides is 2. The average Bonchev–Trinajstić information content (AvgIpc) is 3.11. The van der Waals surface area contributed by atoms with E-state index in [1.54, 1.807) is 18.2 Å². The van der Waals surface area contributed by atoms with E-state index in [4.69, 9.17) is 16.3 Å². The van der Waals surface area contributed by atoms with Gasteiger partial charge in [-0.15, -0.1) is 13.2 Å². The molecule has 5 atom stereocenters. The lowest BCUT2D eigenvalue weighted by molar-refractivity contribution is 0.0460. The molecule has 0 bridgehead atoms. The molecule has 1 saturated carbocycles. The van der Waals surface area contributed by atoms with Gasteiger partial charge in [-0.3, -0.25) is 4.79 Å². The number of amides is 1. The zero-order chi connectivity index (χ0) is 31.6. The third-order valence-electron chi connectivity index (χ3n) is 9.48. The minimum atomic E-state index is -4.67. The lowest BCUT2D eigenvalue weighted by Gasteiger charge is -2.45. The number of nitrogens with one attached hydrogen (secondary N) is 1.